The highest BCUT2D eigenvalue weighted by molar-refractivity contribution is 7.99. The van der Waals surface area contributed by atoms with E-state index in [0.29, 0.717) is 11.3 Å². The molecule has 0 aliphatic carbocycles. The number of para-hydroxylation sites is 1. The predicted octanol–water partition coefficient (Wildman–Crippen LogP) is 2.93. The average Bonchev–Trinajstić information content (AvgIpc) is 2.79. The number of aliphatic hydroxyl groups excluding tert-OH is 3. The second-order valence-electron chi connectivity index (χ2n) is 7.79. The van der Waals surface area contributed by atoms with Gasteiger partial charge in [-0.05, 0) is 29.9 Å². The molecule has 2 aromatic rings. The van der Waals surface area contributed by atoms with E-state index in [1.54, 1.807) is 6.26 Å². The fourth-order valence-corrected chi connectivity index (χ4v) is 4.73. The lowest BCUT2D eigenvalue weighted by Crippen LogP contribution is -2.52. The zero-order valence-electron chi connectivity index (χ0n) is 18.1. The number of carboxylic acids is 1. The number of thioether (sulfide) groups is 1. The van der Waals surface area contributed by atoms with Crippen molar-refractivity contribution in [3.05, 3.63) is 65.2 Å². The van der Waals surface area contributed by atoms with E-state index < -0.39 is 35.8 Å². The molecule has 0 saturated carbocycles. The standard InChI is InChI=1S/C24H30O7S/c1-3-16(17-9-4-5-10-18(17)30-12-11-19(25)26)14-7-6-8-15(13-14)23-21(28)20(27)22(29)24(31-23)32-2/h4-10,13,16,20-24,27-29H,3,11-12H2,1-2H3,(H,25,26)/t16?,20-,21-,22+,23+,24-/m1/s1. The minimum Gasteiger partial charge on any atom is -0.493 e. The van der Waals surface area contributed by atoms with Crippen LogP contribution in [0, 0.1) is 0 Å². The van der Waals surface area contributed by atoms with Crippen molar-refractivity contribution in [2.45, 2.75) is 55.5 Å². The maximum atomic E-state index is 10.8. The third-order valence-electron chi connectivity index (χ3n) is 5.72. The van der Waals surface area contributed by atoms with Gasteiger partial charge in [-0.25, -0.2) is 0 Å². The largest absolute Gasteiger partial charge is 0.493 e. The third-order valence-corrected chi connectivity index (χ3v) is 6.57. The maximum absolute atomic E-state index is 10.8. The van der Waals surface area contributed by atoms with Gasteiger partial charge in [0.25, 0.3) is 0 Å². The first-order valence-electron chi connectivity index (χ1n) is 10.6. The van der Waals surface area contributed by atoms with E-state index in [1.165, 1.54) is 11.8 Å². The molecule has 0 radical (unpaired) electrons. The van der Waals surface area contributed by atoms with Gasteiger partial charge < -0.3 is 29.9 Å². The quantitative estimate of drug-likeness (QED) is 0.450. The van der Waals surface area contributed by atoms with E-state index in [-0.39, 0.29) is 18.9 Å². The van der Waals surface area contributed by atoms with Crippen molar-refractivity contribution >= 4 is 17.7 Å². The first-order chi connectivity index (χ1) is 15.4. The van der Waals surface area contributed by atoms with Crippen molar-refractivity contribution in [1.82, 2.24) is 0 Å². The Morgan fingerprint density at radius 2 is 1.84 bits per heavy atom. The van der Waals surface area contributed by atoms with Crippen LogP contribution >= 0.6 is 11.8 Å². The molecule has 0 spiro atoms. The third kappa shape index (κ3) is 5.44. The number of aliphatic hydroxyl groups is 3. The lowest BCUT2D eigenvalue weighted by atomic mass is 9.86. The highest BCUT2D eigenvalue weighted by Gasteiger charge is 2.44. The van der Waals surface area contributed by atoms with Crippen LogP contribution in [0.15, 0.2) is 48.5 Å². The summed E-state index contributed by atoms with van der Waals surface area (Å²) in [6.07, 6.45) is -2.03. The Balaban J connectivity index is 1.89. The molecule has 174 valence electrons. The van der Waals surface area contributed by atoms with E-state index in [1.807, 2.05) is 48.5 Å². The average molecular weight is 463 g/mol. The molecule has 1 unspecified atom stereocenters. The molecule has 1 aliphatic rings. The van der Waals surface area contributed by atoms with Gasteiger partial charge >= 0.3 is 5.97 Å². The summed E-state index contributed by atoms with van der Waals surface area (Å²) in [6, 6.07) is 15.2. The van der Waals surface area contributed by atoms with Gasteiger partial charge in [-0.3, -0.25) is 4.79 Å². The molecule has 1 saturated heterocycles. The molecular weight excluding hydrogens is 432 g/mol. The second-order valence-corrected chi connectivity index (χ2v) is 8.73. The second kappa shape index (κ2) is 11.2. The Kier molecular flexibility index (Phi) is 8.56. The molecular formula is C24H30O7S. The molecule has 2 aromatic carbocycles. The van der Waals surface area contributed by atoms with Crippen LogP contribution in [0.4, 0.5) is 0 Å². The highest BCUT2D eigenvalue weighted by atomic mass is 32.2. The van der Waals surface area contributed by atoms with Gasteiger partial charge in [0.05, 0.1) is 13.0 Å². The van der Waals surface area contributed by atoms with Crippen molar-refractivity contribution in [3.8, 4) is 5.75 Å². The summed E-state index contributed by atoms with van der Waals surface area (Å²) < 4.78 is 11.7. The lowest BCUT2D eigenvalue weighted by molar-refractivity contribution is -0.200. The van der Waals surface area contributed by atoms with Crippen LogP contribution in [0.2, 0.25) is 0 Å². The molecule has 0 bridgehead atoms. The lowest BCUT2D eigenvalue weighted by Gasteiger charge is -2.40. The van der Waals surface area contributed by atoms with Crippen LogP contribution in [0.25, 0.3) is 0 Å². The number of carbonyl (C=O) groups is 1. The molecule has 1 fully saturated rings. The minimum atomic E-state index is -1.31. The van der Waals surface area contributed by atoms with Crippen LogP contribution in [0.5, 0.6) is 5.75 Å². The molecule has 1 aliphatic heterocycles. The first-order valence-corrected chi connectivity index (χ1v) is 11.9. The number of hydrogen-bond donors (Lipinski definition) is 4. The van der Waals surface area contributed by atoms with E-state index in [0.717, 1.165) is 17.5 Å². The number of ether oxygens (including phenoxy) is 2. The normalized spacial score (nSPS) is 26.5. The van der Waals surface area contributed by atoms with E-state index in [4.69, 9.17) is 14.6 Å². The minimum absolute atomic E-state index is 0.0245. The van der Waals surface area contributed by atoms with Gasteiger partial charge in [0.2, 0.25) is 0 Å². The monoisotopic (exact) mass is 462 g/mol. The van der Waals surface area contributed by atoms with Crippen LogP contribution in [-0.4, -0.2) is 63.0 Å². The zero-order valence-corrected chi connectivity index (χ0v) is 18.9. The van der Waals surface area contributed by atoms with E-state index >= 15 is 0 Å². The first kappa shape index (κ1) is 24.5. The van der Waals surface area contributed by atoms with Gasteiger partial charge in [0.1, 0.15) is 35.6 Å². The molecule has 8 heteroatoms. The fraction of sp³-hybridized carbons (Fsp3) is 0.458. The summed E-state index contributed by atoms with van der Waals surface area (Å²) in [5.74, 6) is -0.298. The Morgan fingerprint density at radius 3 is 2.53 bits per heavy atom. The van der Waals surface area contributed by atoms with Crippen molar-refractivity contribution < 1.29 is 34.7 Å². The van der Waals surface area contributed by atoms with Crippen LogP contribution in [0.1, 0.15) is 48.5 Å². The summed E-state index contributed by atoms with van der Waals surface area (Å²) >= 11 is 1.28. The molecule has 6 atom stereocenters. The molecule has 7 nitrogen and oxygen atoms in total. The molecule has 3 rings (SSSR count). The predicted molar refractivity (Wildman–Crippen MR) is 122 cm³/mol. The Hall–Kier alpha value is -2.10. The summed E-state index contributed by atoms with van der Waals surface area (Å²) in [7, 11) is 0. The van der Waals surface area contributed by atoms with Crippen molar-refractivity contribution in [2.24, 2.45) is 0 Å². The molecule has 0 amide bonds. The van der Waals surface area contributed by atoms with Gasteiger partial charge in [-0.1, -0.05) is 49.4 Å². The summed E-state index contributed by atoms with van der Waals surface area (Å²) in [4.78, 5) is 10.8. The molecule has 0 aromatic heterocycles. The van der Waals surface area contributed by atoms with Crippen LogP contribution in [-0.2, 0) is 9.53 Å². The Labute approximate surface area is 192 Å². The Bertz CT molecular complexity index is 903. The smallest absolute Gasteiger partial charge is 0.306 e. The summed E-state index contributed by atoms with van der Waals surface area (Å²) in [5.41, 5.74) is 1.99. The zero-order chi connectivity index (χ0) is 23.3. The van der Waals surface area contributed by atoms with E-state index in [9.17, 15) is 20.1 Å². The molecule has 4 N–H and O–H groups in total. The number of aliphatic carboxylic acids is 1. The van der Waals surface area contributed by atoms with Gasteiger partial charge in [0, 0.05) is 11.5 Å². The van der Waals surface area contributed by atoms with Crippen LogP contribution < -0.4 is 4.74 Å². The number of carboxylic acid groups (broad SMARTS) is 1. The number of rotatable bonds is 9. The Morgan fingerprint density at radius 1 is 1.09 bits per heavy atom. The topological polar surface area (TPSA) is 116 Å². The van der Waals surface area contributed by atoms with Crippen molar-refractivity contribution in [2.75, 3.05) is 12.9 Å². The van der Waals surface area contributed by atoms with Crippen molar-refractivity contribution in [1.29, 1.82) is 0 Å². The number of benzene rings is 2. The number of hydrogen-bond acceptors (Lipinski definition) is 7. The van der Waals surface area contributed by atoms with Gasteiger partial charge in [-0.2, -0.15) is 0 Å². The van der Waals surface area contributed by atoms with Gasteiger partial charge in [-0.15, -0.1) is 11.8 Å². The highest BCUT2D eigenvalue weighted by Crippen LogP contribution is 2.39. The summed E-state index contributed by atoms with van der Waals surface area (Å²) in [5, 5.41) is 39.9. The molecule has 32 heavy (non-hydrogen) atoms. The fourth-order valence-electron chi connectivity index (χ4n) is 4.05. The van der Waals surface area contributed by atoms with Crippen LogP contribution in [0.3, 0.4) is 0 Å². The van der Waals surface area contributed by atoms with Gasteiger partial charge in [0.15, 0.2) is 0 Å². The van der Waals surface area contributed by atoms with E-state index in [2.05, 4.69) is 6.92 Å². The molecule has 1 heterocycles. The SMILES string of the molecule is CCC(c1cccc([C@@H]2O[C@H](SC)[C@@H](O)[C@H](O)[C@H]2O)c1)c1ccccc1OCCC(=O)O. The maximum Gasteiger partial charge on any atom is 0.306 e. The summed E-state index contributed by atoms with van der Waals surface area (Å²) in [6.45, 7) is 2.14. The van der Waals surface area contributed by atoms with Crippen molar-refractivity contribution in [3.63, 3.8) is 0 Å².